The minimum absolute atomic E-state index is 0.122. The van der Waals surface area contributed by atoms with Gasteiger partial charge in [-0.05, 0) is 36.6 Å². The highest BCUT2D eigenvalue weighted by atomic mass is 16.5. The molecule has 156 valence electrons. The van der Waals surface area contributed by atoms with Crippen LogP contribution >= 0.6 is 0 Å². The Bertz CT molecular complexity index is 1330. The molecule has 0 unspecified atom stereocenters. The van der Waals surface area contributed by atoms with E-state index in [2.05, 4.69) is 11.2 Å². The fourth-order valence-electron chi connectivity index (χ4n) is 4.14. The summed E-state index contributed by atoms with van der Waals surface area (Å²) in [6.07, 6.45) is 2.86. The average Bonchev–Trinajstić information content (AvgIpc) is 3.20. The third kappa shape index (κ3) is 3.35. The molecule has 2 aromatic heterocycles. The maximum absolute atomic E-state index is 13.6. The van der Waals surface area contributed by atoms with Gasteiger partial charge >= 0.3 is 0 Å². The number of H-pyrrole nitrogens is 1. The molecule has 0 atom stereocenters. The Labute approximate surface area is 179 Å². The van der Waals surface area contributed by atoms with Gasteiger partial charge in [0.25, 0.3) is 5.56 Å². The van der Waals surface area contributed by atoms with E-state index in [1.54, 1.807) is 11.6 Å². The minimum Gasteiger partial charge on any atom is -0.497 e. The molecule has 6 heteroatoms. The maximum atomic E-state index is 13.6. The molecule has 4 aromatic rings. The topological polar surface area (TPSA) is 68.6 Å². The van der Waals surface area contributed by atoms with Gasteiger partial charge in [0.1, 0.15) is 5.75 Å². The van der Waals surface area contributed by atoms with Gasteiger partial charge in [0, 0.05) is 11.1 Å². The molecule has 0 amide bonds. The van der Waals surface area contributed by atoms with Gasteiger partial charge in [-0.3, -0.25) is 9.89 Å². The van der Waals surface area contributed by atoms with Crippen LogP contribution in [-0.4, -0.2) is 34.9 Å². The van der Waals surface area contributed by atoms with Crippen molar-refractivity contribution in [3.8, 4) is 28.1 Å². The summed E-state index contributed by atoms with van der Waals surface area (Å²) in [6.45, 7) is 3.11. The standard InChI is InChI=1S/C25H23N3O3/c1-16-21(17-8-10-20(30-2)11-9-17)25(29)28-24(26-16)22(18-12-14-31-15-13-18)23(27-28)19-6-4-3-5-7-19/h3-12,27H,13-15H2,1-2H3. The van der Waals surface area contributed by atoms with Crippen molar-refractivity contribution in [2.24, 2.45) is 0 Å². The van der Waals surface area contributed by atoms with E-state index in [1.165, 1.54) is 0 Å². The van der Waals surface area contributed by atoms with Gasteiger partial charge in [-0.25, -0.2) is 4.98 Å². The lowest BCUT2D eigenvalue weighted by Gasteiger charge is -2.14. The monoisotopic (exact) mass is 413 g/mol. The summed E-state index contributed by atoms with van der Waals surface area (Å²) in [7, 11) is 1.62. The second kappa shape index (κ2) is 7.89. The number of aromatic nitrogens is 3. The Kier molecular flexibility index (Phi) is 4.92. The number of methoxy groups -OCH3 is 1. The van der Waals surface area contributed by atoms with E-state index in [0.717, 1.165) is 40.1 Å². The van der Waals surface area contributed by atoms with E-state index in [0.29, 0.717) is 30.1 Å². The lowest BCUT2D eigenvalue weighted by molar-refractivity contribution is 0.161. The van der Waals surface area contributed by atoms with Crippen LogP contribution in [0.3, 0.4) is 0 Å². The molecular weight excluding hydrogens is 390 g/mol. The average molecular weight is 413 g/mol. The molecule has 0 saturated heterocycles. The molecule has 0 bridgehead atoms. The number of fused-ring (bicyclic) bond motifs is 1. The molecule has 0 fully saturated rings. The van der Waals surface area contributed by atoms with Crippen molar-refractivity contribution in [3.05, 3.63) is 82.3 Å². The van der Waals surface area contributed by atoms with Crippen molar-refractivity contribution in [1.82, 2.24) is 14.6 Å². The van der Waals surface area contributed by atoms with Gasteiger partial charge in [0.2, 0.25) is 0 Å². The number of hydrogen-bond donors (Lipinski definition) is 1. The predicted molar refractivity (Wildman–Crippen MR) is 121 cm³/mol. The smallest absolute Gasteiger partial charge is 0.280 e. The number of aryl methyl sites for hydroxylation is 1. The number of hydrogen-bond acceptors (Lipinski definition) is 4. The third-order valence-corrected chi connectivity index (χ3v) is 5.69. The molecule has 31 heavy (non-hydrogen) atoms. The van der Waals surface area contributed by atoms with Gasteiger partial charge in [0.15, 0.2) is 5.65 Å². The first kappa shape index (κ1) is 19.3. The van der Waals surface area contributed by atoms with Gasteiger partial charge in [-0.1, -0.05) is 48.5 Å². The van der Waals surface area contributed by atoms with Crippen molar-refractivity contribution in [1.29, 1.82) is 0 Å². The predicted octanol–water partition coefficient (Wildman–Crippen LogP) is 4.48. The molecule has 0 aliphatic carbocycles. The summed E-state index contributed by atoms with van der Waals surface area (Å²) in [6, 6.07) is 17.5. The number of ether oxygens (including phenoxy) is 2. The van der Waals surface area contributed by atoms with E-state index in [9.17, 15) is 4.79 Å². The first-order chi connectivity index (χ1) is 15.2. The van der Waals surface area contributed by atoms with Crippen LogP contribution in [0.25, 0.3) is 33.6 Å². The van der Waals surface area contributed by atoms with Gasteiger partial charge < -0.3 is 9.47 Å². The highest BCUT2D eigenvalue weighted by molar-refractivity contribution is 5.88. The molecule has 2 aromatic carbocycles. The lowest BCUT2D eigenvalue weighted by Crippen LogP contribution is -2.19. The first-order valence-corrected chi connectivity index (χ1v) is 10.3. The summed E-state index contributed by atoms with van der Waals surface area (Å²) in [4.78, 5) is 18.5. The summed E-state index contributed by atoms with van der Waals surface area (Å²) in [5, 5.41) is 3.34. The van der Waals surface area contributed by atoms with E-state index in [4.69, 9.17) is 14.5 Å². The number of aromatic amines is 1. The maximum Gasteiger partial charge on any atom is 0.280 e. The van der Waals surface area contributed by atoms with Crippen molar-refractivity contribution < 1.29 is 9.47 Å². The quantitative estimate of drug-likeness (QED) is 0.536. The summed E-state index contributed by atoms with van der Waals surface area (Å²) >= 11 is 0. The molecule has 0 spiro atoms. The zero-order chi connectivity index (χ0) is 21.4. The van der Waals surface area contributed by atoms with Crippen LogP contribution in [0, 0.1) is 6.92 Å². The van der Waals surface area contributed by atoms with Crippen molar-refractivity contribution in [2.45, 2.75) is 13.3 Å². The van der Waals surface area contributed by atoms with Crippen LogP contribution in [0.2, 0.25) is 0 Å². The fourth-order valence-corrected chi connectivity index (χ4v) is 4.14. The fraction of sp³-hybridized carbons (Fsp3) is 0.200. The molecule has 5 rings (SSSR count). The van der Waals surface area contributed by atoms with Crippen molar-refractivity contribution in [2.75, 3.05) is 20.3 Å². The molecule has 1 N–H and O–H groups in total. The van der Waals surface area contributed by atoms with Crippen molar-refractivity contribution >= 4 is 11.2 Å². The lowest BCUT2D eigenvalue weighted by atomic mass is 9.97. The van der Waals surface area contributed by atoms with E-state index in [1.807, 2.05) is 61.5 Å². The molecule has 0 saturated carbocycles. The van der Waals surface area contributed by atoms with Crippen LogP contribution in [0.4, 0.5) is 0 Å². The zero-order valence-electron chi connectivity index (χ0n) is 17.5. The van der Waals surface area contributed by atoms with E-state index >= 15 is 0 Å². The Hall–Kier alpha value is -3.64. The third-order valence-electron chi connectivity index (χ3n) is 5.69. The molecule has 6 nitrogen and oxygen atoms in total. The summed E-state index contributed by atoms with van der Waals surface area (Å²) < 4.78 is 12.3. The van der Waals surface area contributed by atoms with Crippen LogP contribution in [0.5, 0.6) is 5.75 Å². The number of rotatable bonds is 4. The molecular formula is C25H23N3O3. The van der Waals surface area contributed by atoms with E-state index < -0.39 is 0 Å². The highest BCUT2D eigenvalue weighted by Crippen LogP contribution is 2.34. The van der Waals surface area contributed by atoms with Crippen LogP contribution < -0.4 is 10.3 Å². The Morgan fingerprint density at radius 3 is 2.48 bits per heavy atom. The van der Waals surface area contributed by atoms with Gasteiger partial charge in [-0.2, -0.15) is 4.52 Å². The number of benzene rings is 2. The van der Waals surface area contributed by atoms with E-state index in [-0.39, 0.29) is 5.56 Å². The summed E-state index contributed by atoms with van der Waals surface area (Å²) in [5.74, 6) is 0.746. The Morgan fingerprint density at radius 2 is 1.81 bits per heavy atom. The normalized spacial score (nSPS) is 13.9. The van der Waals surface area contributed by atoms with Gasteiger partial charge in [0.05, 0.1) is 37.3 Å². The van der Waals surface area contributed by atoms with Crippen molar-refractivity contribution in [3.63, 3.8) is 0 Å². The second-order valence-electron chi connectivity index (χ2n) is 7.55. The van der Waals surface area contributed by atoms with Crippen LogP contribution in [0.1, 0.15) is 17.7 Å². The first-order valence-electron chi connectivity index (χ1n) is 10.3. The Morgan fingerprint density at radius 1 is 1.03 bits per heavy atom. The second-order valence-corrected chi connectivity index (χ2v) is 7.55. The molecule has 1 aliphatic heterocycles. The Balaban J connectivity index is 1.78. The molecule has 1 aliphatic rings. The largest absolute Gasteiger partial charge is 0.497 e. The SMILES string of the molecule is COc1ccc(-c2c(C)nc3c(C4=CCOCC4)c(-c4ccccc4)[nH]n3c2=O)cc1. The number of nitrogens with one attached hydrogen (secondary N) is 1. The summed E-state index contributed by atoms with van der Waals surface area (Å²) in [5.41, 5.74) is 6.63. The van der Waals surface area contributed by atoms with Gasteiger partial charge in [-0.15, -0.1) is 0 Å². The zero-order valence-corrected chi connectivity index (χ0v) is 17.5. The molecule has 0 radical (unpaired) electrons. The highest BCUT2D eigenvalue weighted by Gasteiger charge is 2.23. The molecule has 3 heterocycles. The van der Waals surface area contributed by atoms with Crippen LogP contribution in [-0.2, 0) is 4.74 Å². The number of nitrogens with zero attached hydrogens (tertiary/aromatic N) is 2. The minimum atomic E-state index is -0.122. The van der Waals surface area contributed by atoms with Crippen LogP contribution in [0.15, 0.2) is 65.5 Å².